The van der Waals surface area contributed by atoms with E-state index in [1.54, 1.807) is 7.11 Å². The highest BCUT2D eigenvalue weighted by atomic mass is 16.5. The van der Waals surface area contributed by atoms with Gasteiger partial charge in [0.25, 0.3) is 0 Å². The van der Waals surface area contributed by atoms with Gasteiger partial charge in [-0.15, -0.1) is 0 Å². The van der Waals surface area contributed by atoms with Crippen LogP contribution in [0.4, 0.5) is 0 Å². The second-order valence-corrected chi connectivity index (χ2v) is 7.38. The minimum absolute atomic E-state index is 0.142. The van der Waals surface area contributed by atoms with E-state index >= 15 is 0 Å². The van der Waals surface area contributed by atoms with E-state index in [9.17, 15) is 5.11 Å². The Balaban J connectivity index is 1.96. The van der Waals surface area contributed by atoms with Crippen molar-refractivity contribution in [2.24, 2.45) is 17.3 Å². The maximum atomic E-state index is 9.98. The van der Waals surface area contributed by atoms with Crippen molar-refractivity contribution in [3.8, 4) is 0 Å². The SMILES string of the molecule is COCCN(CC1(CO)CCC(C)CC1)C(C)C1CC1. The van der Waals surface area contributed by atoms with Crippen LogP contribution in [0.1, 0.15) is 52.4 Å². The van der Waals surface area contributed by atoms with Crippen LogP contribution in [0.5, 0.6) is 0 Å². The lowest BCUT2D eigenvalue weighted by molar-refractivity contribution is 0.00601. The lowest BCUT2D eigenvalue weighted by Crippen LogP contribution is -2.47. The fraction of sp³-hybridized carbons (Fsp3) is 1.00. The smallest absolute Gasteiger partial charge is 0.0589 e. The number of methoxy groups -OCH3 is 1. The highest BCUT2D eigenvalue weighted by molar-refractivity contribution is 4.91. The van der Waals surface area contributed by atoms with E-state index in [0.29, 0.717) is 12.6 Å². The molecule has 3 nitrogen and oxygen atoms in total. The first-order valence-corrected chi connectivity index (χ1v) is 8.44. The topological polar surface area (TPSA) is 32.7 Å². The van der Waals surface area contributed by atoms with Crippen molar-refractivity contribution < 1.29 is 9.84 Å². The Morgan fingerprint density at radius 1 is 1.25 bits per heavy atom. The van der Waals surface area contributed by atoms with Gasteiger partial charge in [0, 0.05) is 38.3 Å². The van der Waals surface area contributed by atoms with Gasteiger partial charge in [0.05, 0.1) is 6.61 Å². The number of hydrogen-bond donors (Lipinski definition) is 1. The van der Waals surface area contributed by atoms with Gasteiger partial charge >= 0.3 is 0 Å². The quantitative estimate of drug-likeness (QED) is 0.743. The van der Waals surface area contributed by atoms with Gasteiger partial charge in [-0.05, 0) is 44.4 Å². The summed E-state index contributed by atoms with van der Waals surface area (Å²) in [5.41, 5.74) is 0.142. The Morgan fingerprint density at radius 2 is 1.90 bits per heavy atom. The fourth-order valence-corrected chi connectivity index (χ4v) is 3.68. The first-order valence-electron chi connectivity index (χ1n) is 8.44. The van der Waals surface area contributed by atoms with Gasteiger partial charge in [0.2, 0.25) is 0 Å². The Bertz CT molecular complexity index is 283. The average Bonchev–Trinajstić information content (AvgIpc) is 3.30. The summed E-state index contributed by atoms with van der Waals surface area (Å²) in [6.45, 7) is 7.92. The Kier molecular flexibility index (Phi) is 5.88. The van der Waals surface area contributed by atoms with E-state index in [1.807, 2.05) is 0 Å². The van der Waals surface area contributed by atoms with E-state index in [1.165, 1.54) is 38.5 Å². The molecule has 0 saturated heterocycles. The van der Waals surface area contributed by atoms with Crippen molar-refractivity contribution in [2.75, 3.05) is 33.4 Å². The molecular formula is C17H33NO2. The summed E-state index contributed by atoms with van der Waals surface area (Å²) in [5, 5.41) is 9.98. The minimum Gasteiger partial charge on any atom is -0.396 e. The van der Waals surface area contributed by atoms with Gasteiger partial charge < -0.3 is 9.84 Å². The zero-order chi connectivity index (χ0) is 14.6. The summed E-state index contributed by atoms with van der Waals surface area (Å²) in [4.78, 5) is 2.59. The zero-order valence-electron chi connectivity index (χ0n) is 13.6. The summed E-state index contributed by atoms with van der Waals surface area (Å²) in [6.07, 6.45) is 7.69. The molecular weight excluding hydrogens is 250 g/mol. The summed E-state index contributed by atoms with van der Waals surface area (Å²) in [7, 11) is 1.78. The average molecular weight is 283 g/mol. The van der Waals surface area contributed by atoms with E-state index in [4.69, 9.17) is 4.74 Å². The number of hydrogen-bond acceptors (Lipinski definition) is 3. The van der Waals surface area contributed by atoms with E-state index in [-0.39, 0.29) is 5.41 Å². The van der Waals surface area contributed by atoms with E-state index < -0.39 is 0 Å². The predicted molar refractivity (Wildman–Crippen MR) is 82.8 cm³/mol. The molecule has 20 heavy (non-hydrogen) atoms. The molecule has 2 rings (SSSR count). The van der Waals surface area contributed by atoms with Crippen molar-refractivity contribution in [3.63, 3.8) is 0 Å². The van der Waals surface area contributed by atoms with Crippen LogP contribution in [0, 0.1) is 17.3 Å². The van der Waals surface area contributed by atoms with Crippen LogP contribution in [-0.4, -0.2) is 49.5 Å². The van der Waals surface area contributed by atoms with Gasteiger partial charge in [0.15, 0.2) is 0 Å². The molecule has 1 unspecified atom stereocenters. The van der Waals surface area contributed by atoms with Gasteiger partial charge in [-0.2, -0.15) is 0 Å². The fourth-order valence-electron chi connectivity index (χ4n) is 3.68. The van der Waals surface area contributed by atoms with Gasteiger partial charge in [-0.1, -0.05) is 19.8 Å². The maximum absolute atomic E-state index is 9.98. The molecule has 0 aliphatic heterocycles. The third kappa shape index (κ3) is 4.19. The molecule has 2 aliphatic rings. The summed E-state index contributed by atoms with van der Waals surface area (Å²) >= 11 is 0. The lowest BCUT2D eigenvalue weighted by atomic mass is 9.71. The van der Waals surface area contributed by atoms with Crippen molar-refractivity contribution in [3.05, 3.63) is 0 Å². The summed E-state index contributed by atoms with van der Waals surface area (Å²) in [5.74, 6) is 1.72. The van der Waals surface area contributed by atoms with Crippen LogP contribution in [0.15, 0.2) is 0 Å². The Morgan fingerprint density at radius 3 is 2.40 bits per heavy atom. The number of nitrogens with zero attached hydrogens (tertiary/aromatic N) is 1. The number of aliphatic hydroxyl groups excluding tert-OH is 1. The van der Waals surface area contributed by atoms with Crippen molar-refractivity contribution in [1.82, 2.24) is 4.90 Å². The highest BCUT2D eigenvalue weighted by Crippen LogP contribution is 2.41. The predicted octanol–water partition coefficient (Wildman–Crippen LogP) is 2.92. The van der Waals surface area contributed by atoms with Gasteiger partial charge in [-0.3, -0.25) is 4.90 Å². The molecule has 1 atom stereocenters. The normalized spacial score (nSPS) is 32.5. The Hall–Kier alpha value is -0.120. The molecule has 0 amide bonds. The standard InChI is InChI=1S/C17H33NO2/c1-14-6-8-17(13-19,9-7-14)12-18(10-11-20-3)15(2)16-4-5-16/h14-16,19H,4-13H2,1-3H3. The van der Waals surface area contributed by atoms with Gasteiger partial charge in [0.1, 0.15) is 0 Å². The van der Waals surface area contributed by atoms with Crippen molar-refractivity contribution >= 4 is 0 Å². The molecule has 2 aliphatic carbocycles. The summed E-state index contributed by atoms with van der Waals surface area (Å²) < 4.78 is 5.29. The molecule has 0 aromatic carbocycles. The van der Waals surface area contributed by atoms with Gasteiger partial charge in [-0.25, -0.2) is 0 Å². The molecule has 0 radical (unpaired) electrons. The molecule has 0 aromatic rings. The summed E-state index contributed by atoms with van der Waals surface area (Å²) in [6, 6.07) is 0.646. The molecule has 0 spiro atoms. The molecule has 118 valence electrons. The zero-order valence-corrected chi connectivity index (χ0v) is 13.6. The minimum atomic E-state index is 0.142. The lowest BCUT2D eigenvalue weighted by Gasteiger charge is -2.43. The Labute approximate surface area is 124 Å². The molecule has 3 heteroatoms. The molecule has 0 aromatic heterocycles. The van der Waals surface area contributed by atoms with E-state index in [0.717, 1.165) is 31.5 Å². The molecule has 1 N–H and O–H groups in total. The molecule has 0 heterocycles. The maximum Gasteiger partial charge on any atom is 0.0589 e. The van der Waals surface area contributed by atoms with Crippen LogP contribution >= 0.6 is 0 Å². The monoisotopic (exact) mass is 283 g/mol. The second-order valence-electron chi connectivity index (χ2n) is 7.38. The third-order valence-electron chi connectivity index (χ3n) is 5.67. The first kappa shape index (κ1) is 16.3. The highest BCUT2D eigenvalue weighted by Gasteiger charge is 2.39. The van der Waals surface area contributed by atoms with Crippen molar-refractivity contribution in [1.29, 1.82) is 0 Å². The largest absolute Gasteiger partial charge is 0.396 e. The van der Waals surface area contributed by atoms with Crippen LogP contribution in [0.3, 0.4) is 0 Å². The number of ether oxygens (including phenoxy) is 1. The third-order valence-corrected chi connectivity index (χ3v) is 5.67. The second kappa shape index (κ2) is 7.24. The first-order chi connectivity index (χ1) is 9.60. The number of aliphatic hydroxyl groups is 1. The van der Waals surface area contributed by atoms with Crippen LogP contribution in [0.2, 0.25) is 0 Å². The molecule has 2 saturated carbocycles. The molecule has 0 bridgehead atoms. The van der Waals surface area contributed by atoms with Crippen LogP contribution < -0.4 is 0 Å². The van der Waals surface area contributed by atoms with Crippen LogP contribution in [0.25, 0.3) is 0 Å². The molecule has 2 fully saturated rings. The van der Waals surface area contributed by atoms with Crippen molar-refractivity contribution in [2.45, 2.75) is 58.4 Å². The van der Waals surface area contributed by atoms with E-state index in [2.05, 4.69) is 18.7 Å². The number of rotatable bonds is 8. The van der Waals surface area contributed by atoms with Crippen LogP contribution in [-0.2, 0) is 4.74 Å².